The quantitative estimate of drug-likeness (QED) is 0.378. The molecule has 3 aromatic rings. The van der Waals surface area contributed by atoms with Crippen molar-refractivity contribution < 1.29 is 17.9 Å². The SMILES string of the molecule is CCCOc1ccc(C(=O)NC(=S)Nc2ccc(S(=O)(=O)Nc3ccc(C)cc3C)cc2)cc1. The Bertz CT molecular complexity index is 1270. The molecule has 3 N–H and O–H groups in total. The minimum atomic E-state index is -3.75. The van der Waals surface area contributed by atoms with Gasteiger partial charge < -0.3 is 10.1 Å². The standard InChI is InChI=1S/C25H27N3O4S2/c1-4-15-32-21-10-6-19(7-11-21)24(29)27-25(33)26-20-8-12-22(13-9-20)34(30,31)28-23-14-5-17(2)16-18(23)3/h5-14,16,28H,4,15H2,1-3H3,(H2,26,27,29,33). The molecule has 0 heterocycles. The first-order valence-electron chi connectivity index (χ1n) is 10.7. The fourth-order valence-corrected chi connectivity index (χ4v) is 4.45. The first-order chi connectivity index (χ1) is 16.2. The van der Waals surface area contributed by atoms with E-state index in [1.807, 2.05) is 32.9 Å². The topological polar surface area (TPSA) is 96.5 Å². The third kappa shape index (κ3) is 6.79. The second kappa shape index (κ2) is 11.1. The minimum Gasteiger partial charge on any atom is -0.494 e. The Balaban J connectivity index is 1.59. The van der Waals surface area contributed by atoms with Crippen molar-refractivity contribution in [3.05, 3.63) is 83.4 Å². The Hall–Kier alpha value is -3.43. The van der Waals surface area contributed by atoms with E-state index in [0.29, 0.717) is 29.3 Å². The van der Waals surface area contributed by atoms with E-state index >= 15 is 0 Å². The van der Waals surface area contributed by atoms with Gasteiger partial charge in [-0.3, -0.25) is 14.8 Å². The summed E-state index contributed by atoms with van der Waals surface area (Å²) >= 11 is 5.21. The first-order valence-corrected chi connectivity index (χ1v) is 12.6. The molecular formula is C25H27N3O4S2. The Kier molecular flexibility index (Phi) is 8.25. The van der Waals surface area contributed by atoms with Crippen molar-refractivity contribution in [3.8, 4) is 5.75 Å². The average Bonchev–Trinajstić information content (AvgIpc) is 2.80. The van der Waals surface area contributed by atoms with Crippen LogP contribution in [0, 0.1) is 13.8 Å². The molecule has 1 amide bonds. The number of aryl methyl sites for hydroxylation is 2. The van der Waals surface area contributed by atoms with Gasteiger partial charge in [0.15, 0.2) is 5.11 Å². The number of thiocarbonyl (C=S) groups is 1. The van der Waals surface area contributed by atoms with Crippen LogP contribution in [0.25, 0.3) is 0 Å². The molecule has 0 bridgehead atoms. The fourth-order valence-electron chi connectivity index (χ4n) is 3.11. The molecule has 0 fully saturated rings. The number of rotatable bonds is 8. The zero-order valence-corrected chi connectivity index (χ0v) is 20.8. The van der Waals surface area contributed by atoms with Crippen LogP contribution in [-0.4, -0.2) is 26.0 Å². The first kappa shape index (κ1) is 25.2. The molecule has 7 nitrogen and oxygen atoms in total. The van der Waals surface area contributed by atoms with Crippen LogP contribution in [0.15, 0.2) is 71.6 Å². The van der Waals surface area contributed by atoms with Gasteiger partial charge in [-0.2, -0.15) is 0 Å². The predicted octanol–water partition coefficient (Wildman–Crippen LogP) is 5.02. The van der Waals surface area contributed by atoms with Crippen LogP contribution in [0.3, 0.4) is 0 Å². The highest BCUT2D eigenvalue weighted by Gasteiger charge is 2.16. The molecule has 9 heteroatoms. The highest BCUT2D eigenvalue weighted by molar-refractivity contribution is 7.92. The van der Waals surface area contributed by atoms with Crippen molar-refractivity contribution in [2.75, 3.05) is 16.6 Å². The molecule has 0 radical (unpaired) electrons. The molecule has 0 aromatic heterocycles. The van der Waals surface area contributed by atoms with Gasteiger partial charge in [0.05, 0.1) is 17.2 Å². The number of sulfonamides is 1. The highest BCUT2D eigenvalue weighted by Crippen LogP contribution is 2.22. The Morgan fingerprint density at radius 2 is 1.65 bits per heavy atom. The molecule has 0 saturated heterocycles. The van der Waals surface area contributed by atoms with Crippen molar-refractivity contribution in [1.82, 2.24) is 5.32 Å². The molecule has 0 aliphatic heterocycles. The molecule has 0 atom stereocenters. The van der Waals surface area contributed by atoms with Crippen LogP contribution in [-0.2, 0) is 10.0 Å². The maximum absolute atomic E-state index is 12.7. The van der Waals surface area contributed by atoms with Gasteiger partial charge >= 0.3 is 0 Å². The lowest BCUT2D eigenvalue weighted by molar-refractivity contribution is 0.0977. The largest absolute Gasteiger partial charge is 0.494 e. The van der Waals surface area contributed by atoms with Gasteiger partial charge in [0.25, 0.3) is 15.9 Å². The van der Waals surface area contributed by atoms with Gasteiger partial charge in [-0.25, -0.2) is 8.42 Å². The van der Waals surface area contributed by atoms with Gasteiger partial charge in [-0.1, -0.05) is 24.6 Å². The van der Waals surface area contributed by atoms with E-state index < -0.39 is 10.0 Å². The average molecular weight is 498 g/mol. The number of nitrogens with one attached hydrogen (secondary N) is 3. The number of hydrogen-bond donors (Lipinski definition) is 3. The van der Waals surface area contributed by atoms with E-state index in [1.54, 1.807) is 42.5 Å². The van der Waals surface area contributed by atoms with Crippen molar-refractivity contribution in [1.29, 1.82) is 0 Å². The summed E-state index contributed by atoms with van der Waals surface area (Å²) in [6, 6.07) is 18.4. The van der Waals surface area contributed by atoms with E-state index in [0.717, 1.165) is 17.5 Å². The van der Waals surface area contributed by atoms with Gasteiger partial charge in [0.1, 0.15) is 5.75 Å². The zero-order chi connectivity index (χ0) is 24.7. The predicted molar refractivity (Wildman–Crippen MR) is 139 cm³/mol. The molecule has 0 spiro atoms. The van der Waals surface area contributed by atoms with Crippen molar-refractivity contribution >= 4 is 44.6 Å². The number of hydrogen-bond acceptors (Lipinski definition) is 5. The zero-order valence-electron chi connectivity index (χ0n) is 19.2. The summed E-state index contributed by atoms with van der Waals surface area (Å²) in [5, 5.41) is 5.59. The maximum atomic E-state index is 12.7. The number of carbonyl (C=O) groups is 1. The summed E-state index contributed by atoms with van der Waals surface area (Å²) in [6.07, 6.45) is 0.901. The van der Waals surface area contributed by atoms with Crippen LogP contribution in [0.5, 0.6) is 5.75 Å². The second-order valence-corrected chi connectivity index (χ2v) is 9.82. The lowest BCUT2D eigenvalue weighted by Crippen LogP contribution is -2.34. The van der Waals surface area contributed by atoms with E-state index in [-0.39, 0.29) is 15.9 Å². The van der Waals surface area contributed by atoms with Crippen LogP contribution < -0.4 is 20.1 Å². The van der Waals surface area contributed by atoms with E-state index in [2.05, 4.69) is 15.4 Å². The Morgan fingerprint density at radius 1 is 0.971 bits per heavy atom. The molecule has 178 valence electrons. The van der Waals surface area contributed by atoms with Gasteiger partial charge in [0.2, 0.25) is 0 Å². The summed E-state index contributed by atoms with van der Waals surface area (Å²) in [6.45, 7) is 6.43. The molecule has 3 rings (SSSR count). The normalized spacial score (nSPS) is 10.9. The summed E-state index contributed by atoms with van der Waals surface area (Å²) in [5.41, 5.74) is 3.40. The van der Waals surface area contributed by atoms with Crippen LogP contribution in [0.2, 0.25) is 0 Å². The Labute approximate surface area is 205 Å². The third-order valence-corrected chi connectivity index (χ3v) is 6.45. The van der Waals surface area contributed by atoms with Crippen molar-refractivity contribution in [3.63, 3.8) is 0 Å². The van der Waals surface area contributed by atoms with E-state index in [1.165, 1.54) is 12.1 Å². The molecule has 0 saturated carbocycles. The number of anilines is 2. The van der Waals surface area contributed by atoms with Crippen LogP contribution in [0.4, 0.5) is 11.4 Å². The van der Waals surface area contributed by atoms with Gasteiger partial charge in [0, 0.05) is 11.3 Å². The third-order valence-electron chi connectivity index (χ3n) is 4.87. The minimum absolute atomic E-state index is 0.0975. The Morgan fingerprint density at radius 3 is 2.26 bits per heavy atom. The lowest BCUT2D eigenvalue weighted by Gasteiger charge is -2.13. The van der Waals surface area contributed by atoms with Crippen LogP contribution in [0.1, 0.15) is 34.8 Å². The molecular weight excluding hydrogens is 470 g/mol. The van der Waals surface area contributed by atoms with E-state index in [4.69, 9.17) is 17.0 Å². The van der Waals surface area contributed by atoms with Crippen molar-refractivity contribution in [2.24, 2.45) is 0 Å². The summed E-state index contributed by atoms with van der Waals surface area (Å²) in [4.78, 5) is 12.5. The fraction of sp³-hybridized carbons (Fsp3) is 0.200. The summed E-state index contributed by atoms with van der Waals surface area (Å²) in [5.74, 6) is 0.331. The number of benzene rings is 3. The molecule has 0 aliphatic carbocycles. The maximum Gasteiger partial charge on any atom is 0.261 e. The molecule has 34 heavy (non-hydrogen) atoms. The number of amides is 1. The monoisotopic (exact) mass is 497 g/mol. The van der Waals surface area contributed by atoms with E-state index in [9.17, 15) is 13.2 Å². The summed E-state index contributed by atoms with van der Waals surface area (Å²) < 4.78 is 33.6. The molecule has 0 aliphatic rings. The smallest absolute Gasteiger partial charge is 0.261 e. The number of ether oxygens (including phenoxy) is 1. The molecule has 3 aromatic carbocycles. The highest BCUT2D eigenvalue weighted by atomic mass is 32.2. The van der Waals surface area contributed by atoms with Gasteiger partial charge in [-0.05, 0) is 92.6 Å². The molecule has 0 unspecified atom stereocenters. The lowest BCUT2D eigenvalue weighted by atomic mass is 10.1. The second-order valence-electron chi connectivity index (χ2n) is 7.73. The number of carbonyl (C=O) groups excluding carboxylic acids is 1. The summed E-state index contributed by atoms with van der Waals surface area (Å²) in [7, 11) is -3.75. The van der Waals surface area contributed by atoms with Crippen molar-refractivity contribution in [2.45, 2.75) is 32.1 Å². The van der Waals surface area contributed by atoms with Crippen LogP contribution >= 0.6 is 12.2 Å². The van der Waals surface area contributed by atoms with Gasteiger partial charge in [-0.15, -0.1) is 0 Å².